The first-order chi connectivity index (χ1) is 9.56. The number of halogens is 1. The van der Waals surface area contributed by atoms with Crippen molar-refractivity contribution < 1.29 is 9.59 Å². The number of amides is 3. The number of para-hydroxylation sites is 1. The molecule has 0 saturated carbocycles. The third-order valence-corrected chi connectivity index (χ3v) is 4.34. The SMILES string of the molecule is CC(=O)N1CCC(NC(=O)Nc2ccccc2I)CC1. The van der Waals surface area contributed by atoms with Crippen LogP contribution >= 0.6 is 22.6 Å². The maximum atomic E-state index is 11.9. The van der Waals surface area contributed by atoms with Gasteiger partial charge in [0.25, 0.3) is 0 Å². The average Bonchev–Trinajstić information content (AvgIpc) is 2.42. The summed E-state index contributed by atoms with van der Waals surface area (Å²) in [7, 11) is 0. The number of nitrogens with zero attached hydrogens (tertiary/aromatic N) is 1. The summed E-state index contributed by atoms with van der Waals surface area (Å²) in [6, 6.07) is 7.59. The molecule has 5 nitrogen and oxygen atoms in total. The predicted octanol–water partition coefficient (Wildman–Crippen LogP) is 2.42. The van der Waals surface area contributed by atoms with Crippen molar-refractivity contribution in [3.63, 3.8) is 0 Å². The summed E-state index contributed by atoms with van der Waals surface area (Å²) >= 11 is 2.19. The van der Waals surface area contributed by atoms with Crippen molar-refractivity contribution >= 4 is 40.2 Å². The lowest BCUT2D eigenvalue weighted by Gasteiger charge is -2.31. The zero-order valence-corrected chi connectivity index (χ0v) is 13.5. The van der Waals surface area contributed by atoms with E-state index in [9.17, 15) is 9.59 Å². The lowest BCUT2D eigenvalue weighted by atomic mass is 10.1. The summed E-state index contributed by atoms with van der Waals surface area (Å²) in [6.45, 7) is 3.00. The van der Waals surface area contributed by atoms with Crippen molar-refractivity contribution in [2.45, 2.75) is 25.8 Å². The lowest BCUT2D eigenvalue weighted by Crippen LogP contribution is -2.47. The number of likely N-dealkylation sites (tertiary alicyclic amines) is 1. The number of carbonyl (C=O) groups excluding carboxylic acids is 2. The first kappa shape index (κ1) is 15.1. The molecule has 108 valence electrons. The Balaban J connectivity index is 1.81. The molecule has 2 rings (SSSR count). The Hall–Kier alpha value is -1.31. The number of anilines is 1. The summed E-state index contributed by atoms with van der Waals surface area (Å²) in [5, 5.41) is 5.82. The molecule has 20 heavy (non-hydrogen) atoms. The molecule has 0 bridgehead atoms. The molecule has 0 atom stereocenters. The van der Waals surface area contributed by atoms with Crippen LogP contribution in [0.2, 0.25) is 0 Å². The van der Waals surface area contributed by atoms with Crippen LogP contribution in [0.3, 0.4) is 0 Å². The fraction of sp³-hybridized carbons (Fsp3) is 0.429. The number of urea groups is 1. The largest absolute Gasteiger partial charge is 0.343 e. The topological polar surface area (TPSA) is 61.4 Å². The van der Waals surface area contributed by atoms with Crippen molar-refractivity contribution in [1.82, 2.24) is 10.2 Å². The van der Waals surface area contributed by atoms with Crippen LogP contribution < -0.4 is 10.6 Å². The van der Waals surface area contributed by atoms with Crippen molar-refractivity contribution in [3.8, 4) is 0 Å². The summed E-state index contributed by atoms with van der Waals surface area (Å²) in [6.07, 6.45) is 1.61. The molecule has 0 aromatic heterocycles. The number of carbonyl (C=O) groups is 2. The van der Waals surface area contributed by atoms with Crippen LogP contribution in [0.15, 0.2) is 24.3 Å². The first-order valence-corrected chi connectivity index (χ1v) is 7.71. The maximum absolute atomic E-state index is 11.9. The monoisotopic (exact) mass is 387 g/mol. The summed E-state index contributed by atoms with van der Waals surface area (Å²) in [5.74, 6) is 0.103. The zero-order chi connectivity index (χ0) is 14.5. The minimum absolute atomic E-state index is 0.103. The van der Waals surface area contributed by atoms with Gasteiger partial charge in [-0.05, 0) is 47.6 Å². The van der Waals surface area contributed by atoms with E-state index in [1.807, 2.05) is 29.2 Å². The highest BCUT2D eigenvalue weighted by Gasteiger charge is 2.21. The van der Waals surface area contributed by atoms with E-state index in [1.165, 1.54) is 0 Å². The van der Waals surface area contributed by atoms with Crippen molar-refractivity contribution in [3.05, 3.63) is 27.8 Å². The Morgan fingerprint density at radius 2 is 1.90 bits per heavy atom. The number of hydrogen-bond donors (Lipinski definition) is 2. The number of rotatable bonds is 2. The second-order valence-electron chi connectivity index (χ2n) is 4.86. The van der Waals surface area contributed by atoms with E-state index < -0.39 is 0 Å². The van der Waals surface area contributed by atoms with Gasteiger partial charge in [-0.2, -0.15) is 0 Å². The average molecular weight is 387 g/mol. The minimum Gasteiger partial charge on any atom is -0.343 e. The highest BCUT2D eigenvalue weighted by molar-refractivity contribution is 14.1. The summed E-state index contributed by atoms with van der Waals surface area (Å²) in [4.78, 5) is 25.0. The molecule has 6 heteroatoms. The normalized spacial score (nSPS) is 15.8. The van der Waals surface area contributed by atoms with E-state index in [0.717, 1.165) is 22.1 Å². The van der Waals surface area contributed by atoms with Crippen molar-refractivity contribution in [2.24, 2.45) is 0 Å². The zero-order valence-electron chi connectivity index (χ0n) is 11.4. The third-order valence-electron chi connectivity index (χ3n) is 3.40. The van der Waals surface area contributed by atoms with Gasteiger partial charge in [-0.3, -0.25) is 4.79 Å². The summed E-state index contributed by atoms with van der Waals surface area (Å²) in [5.41, 5.74) is 0.812. The number of nitrogens with one attached hydrogen (secondary N) is 2. The van der Waals surface area contributed by atoms with Gasteiger partial charge in [-0.1, -0.05) is 12.1 Å². The standard InChI is InChI=1S/C14H18IN3O2/c1-10(19)18-8-6-11(7-9-18)16-14(20)17-13-5-3-2-4-12(13)15/h2-5,11H,6-9H2,1H3,(H2,16,17,20). The molecule has 1 aromatic carbocycles. The molecule has 0 radical (unpaired) electrons. The van der Waals surface area contributed by atoms with Crippen LogP contribution in [-0.4, -0.2) is 36.0 Å². The molecule has 1 aromatic rings. The van der Waals surface area contributed by atoms with Crippen LogP contribution in [0.25, 0.3) is 0 Å². The highest BCUT2D eigenvalue weighted by atomic mass is 127. The van der Waals surface area contributed by atoms with Gasteiger partial charge in [0.2, 0.25) is 5.91 Å². The number of hydrogen-bond acceptors (Lipinski definition) is 2. The van der Waals surface area contributed by atoms with E-state index in [0.29, 0.717) is 13.1 Å². The molecule has 0 aliphatic carbocycles. The van der Waals surface area contributed by atoms with Crippen molar-refractivity contribution in [2.75, 3.05) is 18.4 Å². The minimum atomic E-state index is -0.185. The second kappa shape index (κ2) is 6.92. The van der Waals surface area contributed by atoms with Gasteiger partial charge >= 0.3 is 6.03 Å². The van der Waals surface area contributed by atoms with E-state index in [-0.39, 0.29) is 18.0 Å². The Morgan fingerprint density at radius 1 is 1.25 bits per heavy atom. The molecule has 1 aliphatic rings. The Bertz CT molecular complexity index is 499. The third kappa shape index (κ3) is 4.09. The van der Waals surface area contributed by atoms with E-state index in [2.05, 4.69) is 33.2 Å². The van der Waals surface area contributed by atoms with Gasteiger partial charge in [-0.15, -0.1) is 0 Å². The molecule has 3 amide bonds. The fourth-order valence-corrected chi connectivity index (χ4v) is 2.77. The van der Waals surface area contributed by atoms with Gasteiger partial charge in [-0.25, -0.2) is 4.79 Å². The van der Waals surface area contributed by atoms with Gasteiger partial charge < -0.3 is 15.5 Å². The van der Waals surface area contributed by atoms with Crippen LogP contribution in [0.5, 0.6) is 0 Å². The van der Waals surface area contributed by atoms with E-state index in [1.54, 1.807) is 6.92 Å². The maximum Gasteiger partial charge on any atom is 0.319 e. The lowest BCUT2D eigenvalue weighted by molar-refractivity contribution is -0.129. The van der Waals surface area contributed by atoms with Crippen molar-refractivity contribution in [1.29, 1.82) is 0 Å². The molecule has 1 heterocycles. The van der Waals surface area contributed by atoms with Crippen LogP contribution in [-0.2, 0) is 4.79 Å². The molecular weight excluding hydrogens is 369 g/mol. The van der Waals surface area contributed by atoms with E-state index >= 15 is 0 Å². The molecule has 1 aliphatic heterocycles. The molecule has 2 N–H and O–H groups in total. The molecule has 1 fully saturated rings. The Kier molecular flexibility index (Phi) is 5.22. The quantitative estimate of drug-likeness (QED) is 0.766. The fourth-order valence-electron chi connectivity index (χ4n) is 2.25. The van der Waals surface area contributed by atoms with Gasteiger partial charge in [0.1, 0.15) is 0 Å². The van der Waals surface area contributed by atoms with Gasteiger partial charge in [0.05, 0.1) is 5.69 Å². The van der Waals surface area contributed by atoms with Gasteiger partial charge in [0.15, 0.2) is 0 Å². The predicted molar refractivity (Wildman–Crippen MR) is 86.6 cm³/mol. The second-order valence-corrected chi connectivity index (χ2v) is 6.02. The Labute approximate surface area is 132 Å². The molecular formula is C14H18IN3O2. The van der Waals surface area contributed by atoms with Crippen LogP contribution in [0, 0.1) is 3.57 Å². The Morgan fingerprint density at radius 3 is 2.50 bits per heavy atom. The first-order valence-electron chi connectivity index (χ1n) is 6.64. The molecule has 1 saturated heterocycles. The number of piperidine rings is 1. The molecule has 0 unspecified atom stereocenters. The van der Waals surface area contributed by atoms with Gasteiger partial charge in [0, 0.05) is 29.6 Å². The number of benzene rings is 1. The van der Waals surface area contributed by atoms with Crippen LogP contribution in [0.4, 0.5) is 10.5 Å². The molecule has 0 spiro atoms. The highest BCUT2D eigenvalue weighted by Crippen LogP contribution is 2.17. The smallest absolute Gasteiger partial charge is 0.319 e. The summed E-state index contributed by atoms with van der Waals surface area (Å²) < 4.78 is 1.01. The van der Waals surface area contributed by atoms with E-state index in [4.69, 9.17) is 0 Å². The van der Waals surface area contributed by atoms with Crippen LogP contribution in [0.1, 0.15) is 19.8 Å².